The van der Waals surface area contributed by atoms with E-state index in [9.17, 15) is 22.8 Å². The predicted molar refractivity (Wildman–Crippen MR) is 118 cm³/mol. The number of aromatic nitrogens is 4. The summed E-state index contributed by atoms with van der Waals surface area (Å²) in [7, 11) is -3.84. The van der Waals surface area contributed by atoms with Gasteiger partial charge in [-0.1, -0.05) is 0 Å². The number of aryl methyl sites for hydroxylation is 3. The van der Waals surface area contributed by atoms with Gasteiger partial charge in [0.25, 0.3) is 11.5 Å². The molecule has 0 radical (unpaired) electrons. The zero-order valence-corrected chi connectivity index (χ0v) is 18.6. The topological polar surface area (TPSA) is 156 Å². The first-order valence-electron chi connectivity index (χ1n) is 10.3. The maximum atomic E-state index is 12.4. The molecule has 0 saturated carbocycles. The van der Waals surface area contributed by atoms with Gasteiger partial charge < -0.3 is 9.88 Å². The molecule has 0 spiro atoms. The number of nitrogens with zero attached hydrogens (tertiary/aromatic N) is 3. The zero-order chi connectivity index (χ0) is 23.0. The van der Waals surface area contributed by atoms with Crippen LogP contribution < -0.4 is 21.3 Å². The van der Waals surface area contributed by atoms with Gasteiger partial charge in [0.2, 0.25) is 10.0 Å². The van der Waals surface area contributed by atoms with Crippen LogP contribution in [0.2, 0.25) is 0 Å². The first-order chi connectivity index (χ1) is 15.1. The second-order valence-electron chi connectivity index (χ2n) is 8.02. The average molecular weight is 461 g/mol. The highest BCUT2D eigenvalue weighted by Crippen LogP contribution is 2.24. The molecule has 3 N–H and O–H groups in total. The molecule has 0 bridgehead atoms. The molecule has 1 atom stereocenters. The van der Waals surface area contributed by atoms with Gasteiger partial charge in [-0.3, -0.25) is 19.3 Å². The molecule has 170 valence electrons. The lowest BCUT2D eigenvalue weighted by molar-refractivity contribution is -0.121. The van der Waals surface area contributed by atoms with E-state index in [-0.39, 0.29) is 30.2 Å². The number of sulfonamides is 1. The van der Waals surface area contributed by atoms with Gasteiger partial charge in [0.15, 0.2) is 11.5 Å². The summed E-state index contributed by atoms with van der Waals surface area (Å²) < 4.78 is 28.6. The largest absolute Gasteiger partial charge is 0.349 e. The quantitative estimate of drug-likeness (QED) is 0.427. The van der Waals surface area contributed by atoms with Crippen LogP contribution in [0.15, 0.2) is 21.7 Å². The van der Waals surface area contributed by atoms with E-state index in [2.05, 4.69) is 25.0 Å². The highest BCUT2D eigenvalue weighted by molar-refractivity contribution is 7.90. The minimum atomic E-state index is -3.84. The number of carbonyl (C=O) groups excluding carboxylic acids is 1. The van der Waals surface area contributed by atoms with E-state index in [1.165, 1.54) is 0 Å². The summed E-state index contributed by atoms with van der Waals surface area (Å²) in [6, 6.07) is 3.20. The lowest BCUT2D eigenvalue weighted by Crippen LogP contribution is -2.44. The van der Waals surface area contributed by atoms with E-state index in [0.29, 0.717) is 24.0 Å². The van der Waals surface area contributed by atoms with Crippen LogP contribution >= 0.6 is 0 Å². The summed E-state index contributed by atoms with van der Waals surface area (Å²) in [6.07, 6.45) is 1.56. The molecule has 1 fully saturated rings. The molecule has 0 aromatic heterocycles. The molecule has 0 unspecified atom stereocenters. The van der Waals surface area contributed by atoms with E-state index in [4.69, 9.17) is 0 Å². The van der Waals surface area contributed by atoms with E-state index in [1.54, 1.807) is 4.57 Å². The Morgan fingerprint density at radius 2 is 1.97 bits per heavy atom. The molecule has 3 aliphatic rings. The van der Waals surface area contributed by atoms with Crippen molar-refractivity contribution in [3.05, 3.63) is 44.1 Å². The zero-order valence-electron chi connectivity index (χ0n) is 17.8. The van der Waals surface area contributed by atoms with Crippen molar-refractivity contribution in [2.24, 2.45) is 0 Å². The maximum Gasteiger partial charge on any atom is 0.349 e. The summed E-state index contributed by atoms with van der Waals surface area (Å²) in [4.78, 5) is 46.7. The van der Waals surface area contributed by atoms with Crippen molar-refractivity contribution in [2.75, 3.05) is 12.3 Å². The maximum absolute atomic E-state index is 12.4. The third-order valence-corrected chi connectivity index (χ3v) is 6.99. The molecule has 12 heteroatoms. The van der Waals surface area contributed by atoms with Crippen molar-refractivity contribution in [3.63, 3.8) is 0 Å². The van der Waals surface area contributed by atoms with Crippen molar-refractivity contribution in [2.45, 2.75) is 45.7 Å². The van der Waals surface area contributed by atoms with Crippen LogP contribution in [-0.2, 0) is 21.4 Å². The number of rotatable bonds is 6. The average Bonchev–Trinajstić information content (AvgIpc) is 3.24. The number of fused-ring (bicyclic) bond motifs is 2. The number of amides is 1. The Balaban J connectivity index is 1.64. The van der Waals surface area contributed by atoms with Gasteiger partial charge >= 0.3 is 5.69 Å². The van der Waals surface area contributed by atoms with Crippen LogP contribution in [0.1, 0.15) is 30.4 Å². The molecule has 1 amide bonds. The van der Waals surface area contributed by atoms with Crippen LogP contribution in [0.5, 0.6) is 0 Å². The molecule has 0 aliphatic carbocycles. The van der Waals surface area contributed by atoms with Crippen LogP contribution in [0.3, 0.4) is 0 Å². The summed E-state index contributed by atoms with van der Waals surface area (Å²) in [5.74, 6) is -0.765. The number of hydrogen-bond donors (Lipinski definition) is 3. The third-order valence-electron chi connectivity index (χ3n) is 5.65. The Kier molecular flexibility index (Phi) is 5.82. The molecule has 11 nitrogen and oxygen atoms in total. The lowest BCUT2D eigenvalue weighted by Gasteiger charge is -2.18. The Labute approximate surface area is 183 Å². The first-order valence-corrected chi connectivity index (χ1v) is 12.0. The smallest absolute Gasteiger partial charge is 0.322 e. The Morgan fingerprint density at radius 1 is 1.22 bits per heavy atom. The second-order valence-corrected chi connectivity index (χ2v) is 9.86. The summed E-state index contributed by atoms with van der Waals surface area (Å²) >= 11 is 0. The number of nitrogens with one attached hydrogen (secondary N) is 3. The fourth-order valence-electron chi connectivity index (χ4n) is 3.87. The lowest BCUT2D eigenvalue weighted by atomic mass is 10.1. The molecule has 32 heavy (non-hydrogen) atoms. The van der Waals surface area contributed by atoms with Crippen molar-refractivity contribution in [1.29, 1.82) is 0 Å². The molecule has 3 heterocycles. The Hall–Kier alpha value is -3.12. The second kappa shape index (κ2) is 8.43. The fraction of sp³-hybridized carbons (Fsp3) is 0.450. The van der Waals surface area contributed by atoms with Gasteiger partial charge in [-0.25, -0.2) is 18.2 Å². The van der Waals surface area contributed by atoms with Crippen molar-refractivity contribution in [3.8, 4) is 11.5 Å². The van der Waals surface area contributed by atoms with Gasteiger partial charge in [-0.2, -0.15) is 4.98 Å². The minimum Gasteiger partial charge on any atom is -0.322 e. The van der Waals surface area contributed by atoms with Crippen molar-refractivity contribution < 1.29 is 13.2 Å². The SMILES string of the molecule is Cc1cc2nc3c(=O)[nH]c(=O)nc-3n(CCCS(=O)(=O)NC(=O)[C@@H]3CCCN3)c2cc1C. The number of carbonyl (C=O) groups is 1. The first kappa shape index (κ1) is 22.1. The predicted octanol–water partition coefficient (Wildman–Crippen LogP) is -0.210. The van der Waals surface area contributed by atoms with E-state index in [1.807, 2.05) is 26.0 Å². The molecular formula is C20H24N6O5S. The van der Waals surface area contributed by atoms with E-state index >= 15 is 0 Å². The highest BCUT2D eigenvalue weighted by Gasteiger charge is 2.26. The van der Waals surface area contributed by atoms with Gasteiger partial charge in [0, 0.05) is 6.54 Å². The number of benzene rings is 1. The molecule has 1 saturated heterocycles. The fourth-order valence-corrected chi connectivity index (χ4v) is 4.93. The summed E-state index contributed by atoms with van der Waals surface area (Å²) in [5, 5.41) is 2.96. The van der Waals surface area contributed by atoms with Crippen LogP contribution in [0, 0.1) is 13.8 Å². The van der Waals surface area contributed by atoms with Crippen molar-refractivity contribution in [1.82, 2.24) is 29.6 Å². The van der Waals surface area contributed by atoms with Gasteiger partial charge in [-0.05, 0) is 62.9 Å². The Bertz CT molecular complexity index is 1390. The van der Waals surface area contributed by atoms with Gasteiger partial charge in [0.1, 0.15) is 0 Å². The van der Waals surface area contributed by atoms with Crippen molar-refractivity contribution >= 4 is 27.0 Å². The monoisotopic (exact) mass is 460 g/mol. The minimum absolute atomic E-state index is 0.00354. The van der Waals surface area contributed by atoms with Gasteiger partial charge in [0.05, 0.1) is 22.8 Å². The summed E-state index contributed by atoms with van der Waals surface area (Å²) in [5.41, 5.74) is 1.67. The molecule has 1 aromatic rings. The number of H-pyrrole nitrogens is 1. The Morgan fingerprint density at radius 3 is 2.69 bits per heavy atom. The van der Waals surface area contributed by atoms with Crippen LogP contribution in [0.4, 0.5) is 0 Å². The molecular weight excluding hydrogens is 436 g/mol. The van der Waals surface area contributed by atoms with Crippen LogP contribution in [-0.4, -0.2) is 52.2 Å². The molecule has 1 aromatic carbocycles. The standard InChI is InChI=1S/C20H24N6O5S/c1-11-9-14-15(10-12(11)2)26(17-16(22-14)19(28)24-20(29)23-17)7-4-8-32(30,31)25-18(27)13-5-3-6-21-13/h9-10,13,21H,3-8H2,1-2H3,(H,25,27)(H,24,28,29)/t13-/m0/s1. The summed E-state index contributed by atoms with van der Waals surface area (Å²) in [6.45, 7) is 4.68. The van der Waals surface area contributed by atoms with E-state index in [0.717, 1.165) is 17.5 Å². The number of aromatic amines is 1. The van der Waals surface area contributed by atoms with Crippen LogP contribution in [0.25, 0.3) is 22.6 Å². The van der Waals surface area contributed by atoms with Gasteiger partial charge in [-0.15, -0.1) is 0 Å². The molecule has 4 rings (SSSR count). The molecule has 3 aliphatic heterocycles. The van der Waals surface area contributed by atoms with E-state index < -0.39 is 33.2 Å². The number of hydrogen-bond acceptors (Lipinski definition) is 8. The highest BCUT2D eigenvalue weighted by atomic mass is 32.2. The normalized spacial score (nSPS) is 16.6. The third kappa shape index (κ3) is 4.41.